The Kier molecular flexibility index (Phi) is 5.16. The second-order valence-corrected chi connectivity index (χ2v) is 8.62. The van der Waals surface area contributed by atoms with Crippen LogP contribution in [0.4, 0.5) is 0 Å². The molecular formula is C25H26N4O2. The summed E-state index contributed by atoms with van der Waals surface area (Å²) >= 11 is 0. The fourth-order valence-corrected chi connectivity index (χ4v) is 4.88. The lowest BCUT2D eigenvalue weighted by molar-refractivity contribution is 0.0948. The minimum atomic E-state index is -0.431. The molecule has 31 heavy (non-hydrogen) atoms. The first-order valence-corrected chi connectivity index (χ1v) is 10.8. The number of carbonyl (C=O) groups is 1. The van der Waals surface area contributed by atoms with Crippen molar-refractivity contribution in [1.29, 1.82) is 0 Å². The van der Waals surface area contributed by atoms with E-state index >= 15 is 0 Å². The maximum Gasteiger partial charge on any atom is 0.285 e. The fourth-order valence-electron chi connectivity index (χ4n) is 4.88. The van der Waals surface area contributed by atoms with Crippen molar-refractivity contribution in [1.82, 2.24) is 19.8 Å². The average molecular weight is 415 g/mol. The SMILES string of the molecule is O=C(NCc1ccccc1)c1cn2c(nc1=O)[C@]1(CCN(Cc3ccccc3)C1)CC2. The Bertz CT molecular complexity index is 1140. The lowest BCUT2D eigenvalue weighted by atomic mass is 9.85. The Hall–Kier alpha value is -3.25. The van der Waals surface area contributed by atoms with Gasteiger partial charge in [-0.1, -0.05) is 60.7 Å². The molecule has 1 aromatic heterocycles. The van der Waals surface area contributed by atoms with Gasteiger partial charge in [0, 0.05) is 37.8 Å². The smallest absolute Gasteiger partial charge is 0.285 e. The van der Waals surface area contributed by atoms with Gasteiger partial charge in [0.2, 0.25) is 0 Å². The van der Waals surface area contributed by atoms with Crippen molar-refractivity contribution in [3.63, 3.8) is 0 Å². The largest absolute Gasteiger partial charge is 0.348 e. The number of aryl methyl sites for hydroxylation is 1. The van der Waals surface area contributed by atoms with Crippen LogP contribution < -0.4 is 10.9 Å². The third-order valence-corrected chi connectivity index (χ3v) is 6.52. The number of rotatable bonds is 5. The van der Waals surface area contributed by atoms with Gasteiger partial charge in [-0.25, -0.2) is 0 Å². The van der Waals surface area contributed by atoms with E-state index in [9.17, 15) is 9.59 Å². The maximum absolute atomic E-state index is 12.7. The van der Waals surface area contributed by atoms with Crippen molar-refractivity contribution >= 4 is 5.91 Å². The van der Waals surface area contributed by atoms with Crippen LogP contribution in [0.5, 0.6) is 0 Å². The molecule has 0 bridgehead atoms. The second kappa shape index (κ2) is 8.12. The van der Waals surface area contributed by atoms with Gasteiger partial charge in [-0.15, -0.1) is 0 Å². The Labute approximate surface area is 181 Å². The van der Waals surface area contributed by atoms with E-state index in [1.54, 1.807) is 6.20 Å². The summed E-state index contributed by atoms with van der Waals surface area (Å²) in [6, 6.07) is 20.1. The van der Waals surface area contributed by atoms with Crippen molar-refractivity contribution < 1.29 is 4.79 Å². The van der Waals surface area contributed by atoms with Gasteiger partial charge in [0.05, 0.1) is 0 Å². The summed E-state index contributed by atoms with van der Waals surface area (Å²) < 4.78 is 2.02. The van der Waals surface area contributed by atoms with Crippen molar-refractivity contribution in [3.8, 4) is 0 Å². The molecule has 1 atom stereocenters. The molecule has 6 nitrogen and oxygen atoms in total. The number of aromatic nitrogens is 2. The number of benzene rings is 2. The van der Waals surface area contributed by atoms with Crippen molar-refractivity contribution in [2.45, 2.75) is 37.9 Å². The van der Waals surface area contributed by atoms with Crippen molar-refractivity contribution in [2.75, 3.05) is 13.1 Å². The number of hydrogen-bond donors (Lipinski definition) is 1. The summed E-state index contributed by atoms with van der Waals surface area (Å²) in [5, 5.41) is 2.84. The predicted octanol–water partition coefficient (Wildman–Crippen LogP) is 2.72. The topological polar surface area (TPSA) is 67.2 Å². The lowest BCUT2D eigenvalue weighted by Gasteiger charge is -2.23. The molecule has 2 aliphatic heterocycles. The summed E-state index contributed by atoms with van der Waals surface area (Å²) in [7, 11) is 0. The highest BCUT2D eigenvalue weighted by Gasteiger charge is 2.46. The molecule has 0 unspecified atom stereocenters. The third-order valence-electron chi connectivity index (χ3n) is 6.52. The molecule has 3 heterocycles. The number of nitrogens with one attached hydrogen (secondary N) is 1. The average Bonchev–Trinajstić information content (AvgIpc) is 3.36. The van der Waals surface area contributed by atoms with E-state index in [0.717, 1.165) is 50.4 Å². The Morgan fingerprint density at radius 1 is 0.968 bits per heavy atom. The summed E-state index contributed by atoms with van der Waals surface area (Å²) in [6.07, 6.45) is 3.66. The highest BCUT2D eigenvalue weighted by atomic mass is 16.2. The Morgan fingerprint density at radius 2 is 1.65 bits per heavy atom. The second-order valence-electron chi connectivity index (χ2n) is 8.62. The molecule has 1 spiro atoms. The molecule has 0 radical (unpaired) electrons. The quantitative estimate of drug-likeness (QED) is 0.697. The molecule has 3 aromatic rings. The van der Waals surface area contributed by atoms with Gasteiger partial charge >= 0.3 is 0 Å². The van der Waals surface area contributed by atoms with Crippen LogP contribution in [0.1, 0.15) is 40.2 Å². The van der Waals surface area contributed by atoms with E-state index in [1.165, 1.54) is 5.56 Å². The number of fused-ring (bicyclic) bond motifs is 2. The first-order valence-electron chi connectivity index (χ1n) is 10.8. The van der Waals surface area contributed by atoms with Crippen LogP contribution in [0.15, 0.2) is 71.7 Å². The van der Waals surface area contributed by atoms with Gasteiger partial charge in [0.25, 0.3) is 11.5 Å². The third kappa shape index (κ3) is 3.91. The van der Waals surface area contributed by atoms with Crippen molar-refractivity contribution in [3.05, 3.63) is 99.7 Å². The van der Waals surface area contributed by atoms with E-state index in [0.29, 0.717) is 6.54 Å². The van der Waals surface area contributed by atoms with Gasteiger partial charge in [-0.2, -0.15) is 4.98 Å². The molecule has 2 aromatic carbocycles. The lowest BCUT2D eigenvalue weighted by Crippen LogP contribution is -2.35. The normalized spacial score (nSPS) is 20.1. The first kappa shape index (κ1) is 19.7. The van der Waals surface area contributed by atoms with E-state index in [2.05, 4.69) is 39.5 Å². The van der Waals surface area contributed by atoms with Gasteiger partial charge in [-0.3, -0.25) is 14.5 Å². The summed E-state index contributed by atoms with van der Waals surface area (Å²) in [4.78, 5) is 32.2. The summed E-state index contributed by atoms with van der Waals surface area (Å²) in [5.74, 6) is 0.474. The van der Waals surface area contributed by atoms with E-state index < -0.39 is 5.56 Å². The highest BCUT2D eigenvalue weighted by Crippen LogP contribution is 2.41. The van der Waals surface area contributed by atoms with Crippen LogP contribution in [0.3, 0.4) is 0 Å². The van der Waals surface area contributed by atoms with E-state index in [-0.39, 0.29) is 16.9 Å². The van der Waals surface area contributed by atoms with Crippen LogP contribution in [0.2, 0.25) is 0 Å². The molecular weight excluding hydrogens is 388 g/mol. The molecule has 6 heteroatoms. The van der Waals surface area contributed by atoms with Crippen LogP contribution in [0.25, 0.3) is 0 Å². The van der Waals surface area contributed by atoms with Gasteiger partial charge in [-0.05, 0) is 30.5 Å². The molecule has 0 aliphatic carbocycles. The van der Waals surface area contributed by atoms with Gasteiger partial charge < -0.3 is 9.88 Å². The highest BCUT2D eigenvalue weighted by molar-refractivity contribution is 5.93. The predicted molar refractivity (Wildman–Crippen MR) is 119 cm³/mol. The maximum atomic E-state index is 12.7. The molecule has 158 valence electrons. The van der Waals surface area contributed by atoms with Crippen LogP contribution in [0, 0.1) is 0 Å². The Morgan fingerprint density at radius 3 is 2.39 bits per heavy atom. The minimum Gasteiger partial charge on any atom is -0.348 e. The molecule has 2 aliphatic rings. The van der Waals surface area contributed by atoms with Crippen LogP contribution >= 0.6 is 0 Å². The van der Waals surface area contributed by atoms with Gasteiger partial charge in [0.1, 0.15) is 11.4 Å². The number of likely N-dealkylation sites (tertiary alicyclic amines) is 1. The van der Waals surface area contributed by atoms with Gasteiger partial charge in [0.15, 0.2) is 0 Å². The monoisotopic (exact) mass is 414 g/mol. The number of carbonyl (C=O) groups excluding carboxylic acids is 1. The fraction of sp³-hybridized carbons (Fsp3) is 0.320. The molecule has 1 amide bonds. The number of amides is 1. The van der Waals surface area contributed by atoms with E-state index in [4.69, 9.17) is 0 Å². The molecule has 5 rings (SSSR count). The Balaban J connectivity index is 1.31. The van der Waals surface area contributed by atoms with Crippen LogP contribution in [-0.4, -0.2) is 33.4 Å². The molecule has 1 fully saturated rings. The standard InChI is InChI=1S/C25H26N4O2/c30-22(26-15-19-7-3-1-4-8-19)21-17-29-14-12-25(24(29)27-23(21)31)11-13-28(18-25)16-20-9-5-2-6-10-20/h1-10,17H,11-16,18H2,(H,26,30)/t25-/m1/s1. The minimum absolute atomic E-state index is 0.0903. The zero-order chi connectivity index (χ0) is 21.3. The molecule has 1 saturated heterocycles. The summed E-state index contributed by atoms with van der Waals surface area (Å²) in [5.41, 5.74) is 1.89. The first-order chi connectivity index (χ1) is 15.1. The molecule has 0 saturated carbocycles. The van der Waals surface area contributed by atoms with Crippen LogP contribution in [-0.2, 0) is 25.0 Å². The van der Waals surface area contributed by atoms with Crippen molar-refractivity contribution in [2.24, 2.45) is 0 Å². The number of hydrogen-bond acceptors (Lipinski definition) is 4. The summed E-state index contributed by atoms with van der Waals surface area (Å²) in [6.45, 7) is 3.98. The zero-order valence-electron chi connectivity index (χ0n) is 17.5. The van der Waals surface area contributed by atoms with E-state index in [1.807, 2.05) is 41.0 Å². The zero-order valence-corrected chi connectivity index (χ0v) is 17.5. The molecule has 1 N–H and O–H groups in total. The number of nitrogens with zero attached hydrogens (tertiary/aromatic N) is 3.